The third kappa shape index (κ3) is 6.29. The predicted molar refractivity (Wildman–Crippen MR) is 115 cm³/mol. The first-order valence-corrected chi connectivity index (χ1v) is 11.2. The summed E-state index contributed by atoms with van der Waals surface area (Å²) in [7, 11) is 0. The lowest BCUT2D eigenvalue weighted by Crippen LogP contribution is -2.50. The van der Waals surface area contributed by atoms with Gasteiger partial charge in [0.05, 0.1) is 12.2 Å². The van der Waals surface area contributed by atoms with Gasteiger partial charge in [0, 0.05) is 36.7 Å². The molecule has 1 saturated heterocycles. The standard InChI is InChI=1S/C22H37N5O2/c1-22(2,3)19-11-12-20(28)27(25-19)15-14-26-13-7-6-10-18(26)16-23-21(29)24-17-8-4-5-9-17/h11-12,17-18H,4-10,13-16H2,1-3H3,(H2,23,24,29). The van der Waals surface area contributed by atoms with Crippen LogP contribution in [0, 0.1) is 0 Å². The minimum atomic E-state index is -0.0836. The maximum absolute atomic E-state index is 12.2. The first-order valence-electron chi connectivity index (χ1n) is 11.2. The van der Waals surface area contributed by atoms with Crippen LogP contribution in [0.1, 0.15) is 71.4 Å². The Morgan fingerprint density at radius 1 is 1.10 bits per heavy atom. The van der Waals surface area contributed by atoms with Gasteiger partial charge >= 0.3 is 6.03 Å². The van der Waals surface area contributed by atoms with Crippen molar-refractivity contribution in [3.05, 3.63) is 28.2 Å². The van der Waals surface area contributed by atoms with Crippen LogP contribution < -0.4 is 16.2 Å². The minimum Gasteiger partial charge on any atom is -0.337 e. The number of nitrogens with zero attached hydrogens (tertiary/aromatic N) is 3. The zero-order valence-corrected chi connectivity index (χ0v) is 18.2. The number of piperidine rings is 1. The van der Waals surface area contributed by atoms with Gasteiger partial charge in [-0.05, 0) is 38.3 Å². The Hall–Kier alpha value is -1.89. The Labute approximate surface area is 174 Å². The molecule has 0 spiro atoms. The summed E-state index contributed by atoms with van der Waals surface area (Å²) in [5.74, 6) is 0. The van der Waals surface area contributed by atoms with Crippen LogP contribution in [0.25, 0.3) is 0 Å². The van der Waals surface area contributed by atoms with Crippen molar-refractivity contribution in [2.75, 3.05) is 19.6 Å². The van der Waals surface area contributed by atoms with Gasteiger partial charge in [-0.3, -0.25) is 9.69 Å². The number of aromatic nitrogens is 2. The number of hydrogen-bond donors (Lipinski definition) is 2. The third-order valence-corrected chi connectivity index (χ3v) is 6.17. The second-order valence-corrected chi connectivity index (χ2v) is 9.55. The van der Waals surface area contributed by atoms with E-state index in [-0.39, 0.29) is 17.0 Å². The number of rotatable bonds is 6. The average molecular weight is 404 g/mol. The summed E-state index contributed by atoms with van der Waals surface area (Å²) in [6, 6.07) is 4.06. The molecule has 0 radical (unpaired) electrons. The lowest BCUT2D eigenvalue weighted by atomic mass is 9.92. The molecule has 2 heterocycles. The van der Waals surface area contributed by atoms with Crippen LogP contribution in [0.5, 0.6) is 0 Å². The molecule has 1 unspecified atom stereocenters. The maximum Gasteiger partial charge on any atom is 0.315 e. The summed E-state index contributed by atoms with van der Waals surface area (Å²) in [5.41, 5.74) is 0.790. The van der Waals surface area contributed by atoms with Gasteiger partial charge in [0.1, 0.15) is 0 Å². The van der Waals surface area contributed by atoms with Crippen LogP contribution in [-0.2, 0) is 12.0 Å². The molecule has 2 aliphatic rings. The molecule has 29 heavy (non-hydrogen) atoms. The van der Waals surface area contributed by atoms with Gasteiger partial charge in [0.15, 0.2) is 0 Å². The zero-order chi connectivity index (χ0) is 20.9. The molecule has 2 amide bonds. The van der Waals surface area contributed by atoms with Gasteiger partial charge in [-0.2, -0.15) is 5.10 Å². The molecule has 0 aromatic carbocycles. The van der Waals surface area contributed by atoms with Crippen molar-refractivity contribution >= 4 is 6.03 Å². The molecule has 2 N–H and O–H groups in total. The average Bonchev–Trinajstić information content (AvgIpc) is 3.18. The number of carbonyl (C=O) groups excluding carboxylic acids is 1. The second kappa shape index (κ2) is 9.74. The molecule has 1 aliphatic heterocycles. The quantitative estimate of drug-likeness (QED) is 0.765. The fraction of sp³-hybridized carbons (Fsp3) is 0.773. The highest BCUT2D eigenvalue weighted by Gasteiger charge is 2.24. The third-order valence-electron chi connectivity index (χ3n) is 6.17. The highest BCUT2D eigenvalue weighted by molar-refractivity contribution is 5.74. The van der Waals surface area contributed by atoms with Crippen molar-refractivity contribution < 1.29 is 4.79 Å². The minimum absolute atomic E-state index is 0.0433. The van der Waals surface area contributed by atoms with Crippen molar-refractivity contribution in [1.82, 2.24) is 25.3 Å². The molecule has 2 fully saturated rings. The fourth-order valence-corrected chi connectivity index (χ4v) is 4.33. The van der Waals surface area contributed by atoms with Crippen LogP contribution in [-0.4, -0.2) is 52.4 Å². The SMILES string of the molecule is CC(C)(C)c1ccc(=O)n(CCN2CCCCC2CNC(=O)NC2CCCC2)n1. The molecule has 0 bridgehead atoms. The molecule has 1 aromatic rings. The lowest BCUT2D eigenvalue weighted by molar-refractivity contribution is 0.138. The molecule has 7 heteroatoms. The van der Waals surface area contributed by atoms with Gasteiger partial charge < -0.3 is 10.6 Å². The van der Waals surface area contributed by atoms with E-state index in [1.165, 1.54) is 19.3 Å². The largest absolute Gasteiger partial charge is 0.337 e. The van der Waals surface area contributed by atoms with Crippen LogP contribution in [0.3, 0.4) is 0 Å². The van der Waals surface area contributed by atoms with E-state index in [9.17, 15) is 9.59 Å². The Kier molecular flexibility index (Phi) is 7.33. The zero-order valence-electron chi connectivity index (χ0n) is 18.2. The molecule has 162 valence electrons. The highest BCUT2D eigenvalue weighted by atomic mass is 16.2. The van der Waals surface area contributed by atoms with E-state index in [4.69, 9.17) is 0 Å². The van der Waals surface area contributed by atoms with Crippen molar-refractivity contribution in [1.29, 1.82) is 0 Å². The summed E-state index contributed by atoms with van der Waals surface area (Å²) in [6.07, 6.45) is 8.04. The number of hydrogen-bond acceptors (Lipinski definition) is 4. The lowest BCUT2D eigenvalue weighted by Gasteiger charge is -2.36. The van der Waals surface area contributed by atoms with Crippen molar-refractivity contribution in [3.63, 3.8) is 0 Å². The van der Waals surface area contributed by atoms with Crippen LogP contribution in [0.15, 0.2) is 16.9 Å². The molecule has 1 aromatic heterocycles. The Bertz CT molecular complexity index is 733. The van der Waals surface area contributed by atoms with Gasteiger partial charge in [-0.1, -0.05) is 40.0 Å². The summed E-state index contributed by atoms with van der Waals surface area (Å²) in [4.78, 5) is 26.9. The molecule has 3 rings (SSSR count). The molecular formula is C22H37N5O2. The van der Waals surface area contributed by atoms with Crippen molar-refractivity contribution in [2.45, 2.75) is 89.8 Å². The Balaban J connectivity index is 1.53. The Morgan fingerprint density at radius 3 is 2.55 bits per heavy atom. The van der Waals surface area contributed by atoms with Crippen LogP contribution in [0.4, 0.5) is 4.79 Å². The van der Waals surface area contributed by atoms with Crippen LogP contribution in [0.2, 0.25) is 0 Å². The normalized spacial score (nSPS) is 21.3. The van der Waals surface area contributed by atoms with E-state index in [2.05, 4.69) is 41.4 Å². The second-order valence-electron chi connectivity index (χ2n) is 9.55. The number of urea groups is 1. The molecule has 1 saturated carbocycles. The topological polar surface area (TPSA) is 79.3 Å². The van der Waals surface area contributed by atoms with Crippen molar-refractivity contribution in [3.8, 4) is 0 Å². The summed E-state index contributed by atoms with van der Waals surface area (Å²) < 4.78 is 1.59. The molecule has 7 nitrogen and oxygen atoms in total. The first-order chi connectivity index (χ1) is 13.8. The fourth-order valence-electron chi connectivity index (χ4n) is 4.33. The van der Waals surface area contributed by atoms with E-state index in [0.29, 0.717) is 25.2 Å². The number of nitrogens with one attached hydrogen (secondary N) is 2. The number of likely N-dealkylation sites (tertiary alicyclic amines) is 1. The number of amides is 2. The van der Waals surface area contributed by atoms with Gasteiger partial charge in [0.25, 0.3) is 5.56 Å². The number of carbonyl (C=O) groups is 1. The molecular weight excluding hydrogens is 366 g/mol. The van der Waals surface area contributed by atoms with E-state index in [1.54, 1.807) is 10.7 Å². The van der Waals surface area contributed by atoms with Gasteiger partial charge in [-0.25, -0.2) is 9.48 Å². The van der Waals surface area contributed by atoms with E-state index in [0.717, 1.165) is 44.5 Å². The highest BCUT2D eigenvalue weighted by Crippen LogP contribution is 2.19. The van der Waals surface area contributed by atoms with Crippen LogP contribution >= 0.6 is 0 Å². The van der Waals surface area contributed by atoms with E-state index >= 15 is 0 Å². The monoisotopic (exact) mass is 403 g/mol. The van der Waals surface area contributed by atoms with Gasteiger partial charge in [0.2, 0.25) is 0 Å². The van der Waals surface area contributed by atoms with E-state index in [1.807, 2.05) is 6.07 Å². The Morgan fingerprint density at radius 2 is 1.83 bits per heavy atom. The molecule has 1 atom stereocenters. The smallest absolute Gasteiger partial charge is 0.315 e. The maximum atomic E-state index is 12.2. The summed E-state index contributed by atoms with van der Waals surface area (Å²) >= 11 is 0. The predicted octanol–water partition coefficient (Wildman–Crippen LogP) is 2.64. The summed E-state index contributed by atoms with van der Waals surface area (Å²) in [5, 5.41) is 10.7. The van der Waals surface area contributed by atoms with Crippen molar-refractivity contribution in [2.24, 2.45) is 0 Å². The molecule has 1 aliphatic carbocycles. The first kappa shape index (κ1) is 21.8. The van der Waals surface area contributed by atoms with Gasteiger partial charge in [-0.15, -0.1) is 0 Å². The summed E-state index contributed by atoms with van der Waals surface area (Å²) in [6.45, 7) is 9.32. The van der Waals surface area contributed by atoms with E-state index < -0.39 is 0 Å².